The highest BCUT2D eigenvalue weighted by Crippen LogP contribution is 2.29. The molecule has 132 valence electrons. The highest BCUT2D eigenvalue weighted by Gasteiger charge is 2.26. The number of carbonyl (C=O) groups is 2. The van der Waals surface area contributed by atoms with Crippen molar-refractivity contribution in [1.29, 1.82) is 0 Å². The third kappa shape index (κ3) is 4.69. The van der Waals surface area contributed by atoms with Gasteiger partial charge in [0.25, 0.3) is 0 Å². The second-order valence-electron chi connectivity index (χ2n) is 6.56. The van der Waals surface area contributed by atoms with E-state index in [0.717, 1.165) is 12.8 Å². The van der Waals surface area contributed by atoms with Gasteiger partial charge in [-0.25, -0.2) is 9.18 Å². The minimum Gasteiger partial charge on any atom is -0.325 e. The minimum atomic E-state index is -0.535. The molecule has 1 fully saturated rings. The van der Waals surface area contributed by atoms with Crippen LogP contribution in [0.15, 0.2) is 18.2 Å². The predicted octanol–water partition coefficient (Wildman–Crippen LogP) is 4.22. The Hall–Kier alpha value is -2.11. The lowest BCUT2D eigenvalue weighted by Gasteiger charge is -2.34. The molecule has 0 heterocycles. The van der Waals surface area contributed by atoms with Crippen LogP contribution in [0.4, 0.5) is 20.6 Å². The van der Waals surface area contributed by atoms with E-state index in [2.05, 4.69) is 17.6 Å². The van der Waals surface area contributed by atoms with Crippen LogP contribution in [0.25, 0.3) is 0 Å². The first kappa shape index (κ1) is 18.2. The van der Waals surface area contributed by atoms with Crippen molar-refractivity contribution in [1.82, 2.24) is 4.90 Å². The molecule has 1 aromatic rings. The SMILES string of the molecule is CC(=O)Nc1cc(NC(=O)N(C)C(C)C2CCCCC2)ccc1F. The second-order valence-corrected chi connectivity index (χ2v) is 6.56. The highest BCUT2D eigenvalue weighted by molar-refractivity contribution is 5.92. The zero-order valence-corrected chi connectivity index (χ0v) is 14.6. The topological polar surface area (TPSA) is 61.4 Å². The van der Waals surface area contributed by atoms with E-state index in [9.17, 15) is 14.0 Å². The Kier molecular flexibility index (Phi) is 6.17. The molecule has 1 aromatic carbocycles. The number of benzene rings is 1. The van der Waals surface area contributed by atoms with Crippen molar-refractivity contribution in [3.05, 3.63) is 24.0 Å². The van der Waals surface area contributed by atoms with Gasteiger partial charge in [-0.1, -0.05) is 19.3 Å². The molecule has 0 spiro atoms. The Morgan fingerprint density at radius 3 is 2.50 bits per heavy atom. The van der Waals surface area contributed by atoms with E-state index in [1.807, 2.05) is 0 Å². The van der Waals surface area contributed by atoms with Gasteiger partial charge in [-0.2, -0.15) is 0 Å². The maximum Gasteiger partial charge on any atom is 0.321 e. The second kappa shape index (κ2) is 8.13. The summed E-state index contributed by atoms with van der Waals surface area (Å²) in [6.45, 7) is 3.38. The molecular formula is C18H26FN3O2. The van der Waals surface area contributed by atoms with E-state index >= 15 is 0 Å². The van der Waals surface area contributed by atoms with E-state index in [1.165, 1.54) is 44.4 Å². The largest absolute Gasteiger partial charge is 0.325 e. The van der Waals surface area contributed by atoms with E-state index in [4.69, 9.17) is 0 Å². The van der Waals surface area contributed by atoms with Crippen LogP contribution in [0.5, 0.6) is 0 Å². The van der Waals surface area contributed by atoms with Crippen molar-refractivity contribution in [2.24, 2.45) is 5.92 Å². The van der Waals surface area contributed by atoms with E-state index in [0.29, 0.717) is 11.6 Å². The molecule has 24 heavy (non-hydrogen) atoms. The van der Waals surface area contributed by atoms with Crippen LogP contribution in [0.1, 0.15) is 46.0 Å². The summed E-state index contributed by atoms with van der Waals surface area (Å²) in [7, 11) is 1.78. The fourth-order valence-corrected chi connectivity index (χ4v) is 3.22. The predicted molar refractivity (Wildman–Crippen MR) is 93.5 cm³/mol. The molecule has 0 radical (unpaired) electrons. The number of nitrogens with one attached hydrogen (secondary N) is 2. The Bertz CT molecular complexity index is 600. The number of anilines is 2. The Labute approximate surface area is 142 Å². The molecule has 1 atom stereocenters. The maximum absolute atomic E-state index is 13.7. The molecule has 0 aromatic heterocycles. The van der Waals surface area contributed by atoms with Gasteiger partial charge in [0.1, 0.15) is 5.82 Å². The van der Waals surface area contributed by atoms with Gasteiger partial charge < -0.3 is 15.5 Å². The van der Waals surface area contributed by atoms with Gasteiger partial charge in [0.15, 0.2) is 0 Å². The summed E-state index contributed by atoms with van der Waals surface area (Å²) in [6, 6.07) is 4.06. The highest BCUT2D eigenvalue weighted by atomic mass is 19.1. The van der Waals surface area contributed by atoms with Crippen LogP contribution in [0.3, 0.4) is 0 Å². The molecule has 1 aliphatic rings. The maximum atomic E-state index is 13.7. The van der Waals surface area contributed by atoms with E-state index in [1.54, 1.807) is 11.9 Å². The third-order valence-electron chi connectivity index (χ3n) is 4.79. The van der Waals surface area contributed by atoms with Crippen molar-refractivity contribution in [3.8, 4) is 0 Å². The molecular weight excluding hydrogens is 309 g/mol. The fourth-order valence-electron chi connectivity index (χ4n) is 3.22. The molecule has 3 amide bonds. The summed E-state index contributed by atoms with van der Waals surface area (Å²) in [5.41, 5.74) is 0.510. The number of amides is 3. The van der Waals surface area contributed by atoms with Gasteiger partial charge in [0.05, 0.1) is 5.69 Å². The van der Waals surface area contributed by atoms with Gasteiger partial charge >= 0.3 is 6.03 Å². The lowest BCUT2D eigenvalue weighted by molar-refractivity contribution is -0.114. The quantitative estimate of drug-likeness (QED) is 0.865. The summed E-state index contributed by atoms with van der Waals surface area (Å²) in [5.74, 6) is -0.370. The van der Waals surface area contributed by atoms with Crippen LogP contribution in [0.2, 0.25) is 0 Å². The number of halogens is 1. The summed E-state index contributed by atoms with van der Waals surface area (Å²) >= 11 is 0. The van der Waals surface area contributed by atoms with Crippen LogP contribution in [-0.2, 0) is 4.79 Å². The van der Waals surface area contributed by atoms with Gasteiger partial charge in [-0.15, -0.1) is 0 Å². The first-order chi connectivity index (χ1) is 11.4. The smallest absolute Gasteiger partial charge is 0.321 e. The molecule has 1 saturated carbocycles. The van der Waals surface area contributed by atoms with Crippen LogP contribution < -0.4 is 10.6 Å². The van der Waals surface area contributed by atoms with Crippen LogP contribution >= 0.6 is 0 Å². The van der Waals surface area contributed by atoms with E-state index < -0.39 is 5.82 Å². The summed E-state index contributed by atoms with van der Waals surface area (Å²) < 4.78 is 13.7. The molecule has 0 saturated heterocycles. The third-order valence-corrected chi connectivity index (χ3v) is 4.79. The fraction of sp³-hybridized carbons (Fsp3) is 0.556. The Balaban J connectivity index is 2.01. The molecule has 2 N–H and O–H groups in total. The van der Waals surface area contributed by atoms with Crippen molar-refractivity contribution >= 4 is 23.3 Å². The summed E-state index contributed by atoms with van der Waals surface area (Å²) in [6.07, 6.45) is 6.04. The standard InChI is InChI=1S/C18H26FN3O2/c1-12(14-7-5-4-6-8-14)22(3)18(24)21-15-9-10-16(19)17(11-15)20-13(2)23/h9-12,14H,4-8H2,1-3H3,(H,20,23)(H,21,24). The van der Waals surface area contributed by atoms with Gasteiger partial charge in [0.2, 0.25) is 5.91 Å². The number of hydrogen-bond donors (Lipinski definition) is 2. The number of urea groups is 1. The monoisotopic (exact) mass is 335 g/mol. The number of nitrogens with zero attached hydrogens (tertiary/aromatic N) is 1. The Morgan fingerprint density at radius 1 is 1.21 bits per heavy atom. The first-order valence-electron chi connectivity index (χ1n) is 8.49. The summed E-state index contributed by atoms with van der Waals surface area (Å²) in [5, 5.41) is 5.18. The van der Waals surface area contributed by atoms with Crippen molar-refractivity contribution in [2.45, 2.75) is 52.0 Å². The average molecular weight is 335 g/mol. The van der Waals surface area contributed by atoms with E-state index in [-0.39, 0.29) is 23.7 Å². The molecule has 0 aliphatic heterocycles. The van der Waals surface area contributed by atoms with Crippen molar-refractivity contribution in [2.75, 3.05) is 17.7 Å². The molecule has 0 bridgehead atoms. The number of rotatable bonds is 4. The van der Waals surface area contributed by atoms with Crippen molar-refractivity contribution in [3.63, 3.8) is 0 Å². The lowest BCUT2D eigenvalue weighted by Crippen LogP contribution is -2.42. The lowest BCUT2D eigenvalue weighted by atomic mass is 9.84. The van der Waals surface area contributed by atoms with Crippen molar-refractivity contribution < 1.29 is 14.0 Å². The average Bonchev–Trinajstić information content (AvgIpc) is 2.56. The molecule has 6 heteroatoms. The van der Waals surface area contributed by atoms with Gasteiger partial charge in [-0.05, 0) is 43.9 Å². The number of carbonyl (C=O) groups excluding carboxylic acids is 2. The molecule has 1 aliphatic carbocycles. The minimum absolute atomic E-state index is 0.0586. The Morgan fingerprint density at radius 2 is 1.88 bits per heavy atom. The zero-order chi connectivity index (χ0) is 17.7. The van der Waals surface area contributed by atoms with Crippen LogP contribution in [0, 0.1) is 11.7 Å². The molecule has 2 rings (SSSR count). The molecule has 1 unspecified atom stereocenters. The number of hydrogen-bond acceptors (Lipinski definition) is 2. The normalized spacial score (nSPS) is 16.3. The van der Waals surface area contributed by atoms with Gasteiger partial charge in [-0.3, -0.25) is 4.79 Å². The van der Waals surface area contributed by atoms with Gasteiger partial charge in [0, 0.05) is 25.7 Å². The van der Waals surface area contributed by atoms with Crippen LogP contribution in [-0.4, -0.2) is 29.9 Å². The zero-order valence-electron chi connectivity index (χ0n) is 14.6. The summed E-state index contributed by atoms with van der Waals surface area (Å²) in [4.78, 5) is 25.3. The first-order valence-corrected chi connectivity index (χ1v) is 8.49. The molecule has 5 nitrogen and oxygen atoms in total.